The lowest BCUT2D eigenvalue weighted by Gasteiger charge is -2.34. The van der Waals surface area contributed by atoms with Gasteiger partial charge in [-0.25, -0.2) is 4.39 Å². The molecule has 0 aliphatic carbocycles. The van der Waals surface area contributed by atoms with Gasteiger partial charge in [-0.1, -0.05) is 0 Å². The van der Waals surface area contributed by atoms with E-state index in [9.17, 15) is 23.7 Å². The van der Waals surface area contributed by atoms with Gasteiger partial charge in [0.1, 0.15) is 5.82 Å². The minimum Gasteiger partial charge on any atom is -0.377 e. The van der Waals surface area contributed by atoms with Crippen molar-refractivity contribution in [3.63, 3.8) is 0 Å². The lowest BCUT2D eigenvalue weighted by atomic mass is 10.1. The van der Waals surface area contributed by atoms with Crippen LogP contribution in [0.25, 0.3) is 0 Å². The third-order valence-electron chi connectivity index (χ3n) is 3.11. The number of halogens is 3. The summed E-state index contributed by atoms with van der Waals surface area (Å²) in [6.07, 6.45) is 0. The number of nitrogens with zero attached hydrogens (tertiary/aromatic N) is 2. The molecule has 1 amide bonds. The Balaban J connectivity index is 2.41. The minimum absolute atomic E-state index is 0.0603. The Bertz CT molecular complexity index is 585. The number of hydrogen-bond donors (Lipinski definition) is 0. The van der Waals surface area contributed by atoms with Crippen LogP contribution in [0.5, 0.6) is 0 Å². The van der Waals surface area contributed by atoms with Gasteiger partial charge in [-0.2, -0.15) is 4.39 Å². The van der Waals surface area contributed by atoms with Gasteiger partial charge >= 0.3 is 5.69 Å². The Labute approximate surface area is 123 Å². The highest BCUT2D eigenvalue weighted by atomic mass is 35.5. The summed E-state index contributed by atoms with van der Waals surface area (Å²) in [6, 6.07) is 0.588. The Kier molecular flexibility index (Phi) is 4.69. The first-order valence-corrected chi connectivity index (χ1v) is 6.57. The van der Waals surface area contributed by atoms with Gasteiger partial charge in [0.15, 0.2) is 0 Å². The predicted octanol–water partition coefficient (Wildman–Crippen LogP) is 1.95. The molecular formula is C12H11ClF2N2O4. The second kappa shape index (κ2) is 6.31. The number of carbonyl (C=O) groups excluding carboxylic acids is 1. The second-order valence-corrected chi connectivity index (χ2v) is 4.73. The molecule has 0 spiro atoms. The monoisotopic (exact) mass is 320 g/mol. The van der Waals surface area contributed by atoms with Crippen molar-refractivity contribution in [1.82, 2.24) is 4.90 Å². The van der Waals surface area contributed by atoms with Crippen LogP contribution in [0, 0.1) is 21.7 Å². The summed E-state index contributed by atoms with van der Waals surface area (Å²) in [4.78, 5) is 23.1. The third kappa shape index (κ3) is 3.11. The zero-order valence-electron chi connectivity index (χ0n) is 10.7. The minimum atomic E-state index is -1.36. The molecule has 1 atom stereocenters. The quantitative estimate of drug-likeness (QED) is 0.485. The molecule has 0 N–H and O–H groups in total. The van der Waals surface area contributed by atoms with Crippen molar-refractivity contribution in [1.29, 1.82) is 0 Å². The highest BCUT2D eigenvalue weighted by Crippen LogP contribution is 2.24. The maximum Gasteiger partial charge on any atom is 0.308 e. The van der Waals surface area contributed by atoms with Gasteiger partial charge in [0.05, 0.1) is 35.8 Å². The number of rotatable bonds is 3. The van der Waals surface area contributed by atoms with E-state index in [2.05, 4.69) is 0 Å². The molecule has 1 unspecified atom stereocenters. The Hall–Kier alpha value is -1.80. The van der Waals surface area contributed by atoms with Crippen LogP contribution in [0.2, 0.25) is 0 Å². The van der Waals surface area contributed by atoms with Gasteiger partial charge < -0.3 is 9.64 Å². The molecule has 6 nitrogen and oxygen atoms in total. The predicted molar refractivity (Wildman–Crippen MR) is 69.4 cm³/mol. The summed E-state index contributed by atoms with van der Waals surface area (Å²) < 4.78 is 32.6. The molecular weight excluding hydrogens is 310 g/mol. The standard InChI is InChI=1S/C12H11ClF2N2O4/c13-5-8-6-21-2-1-16(8)12(18)9-3-7(14)4-10(11(9)15)17(19)20/h3-4,8H,1-2,5-6H2. The summed E-state index contributed by atoms with van der Waals surface area (Å²) in [5.41, 5.74) is -1.76. The average molecular weight is 321 g/mol. The molecule has 0 aromatic heterocycles. The number of nitro benzene ring substituents is 1. The summed E-state index contributed by atoms with van der Waals surface area (Å²) in [6.45, 7) is 0.562. The number of benzene rings is 1. The van der Waals surface area contributed by atoms with Crippen LogP contribution < -0.4 is 0 Å². The molecule has 0 radical (unpaired) electrons. The zero-order valence-corrected chi connectivity index (χ0v) is 11.5. The van der Waals surface area contributed by atoms with Gasteiger partial charge in [-0.15, -0.1) is 11.6 Å². The van der Waals surface area contributed by atoms with Crippen molar-refractivity contribution in [3.05, 3.63) is 39.4 Å². The van der Waals surface area contributed by atoms with Crippen LogP contribution in [-0.4, -0.2) is 47.4 Å². The molecule has 21 heavy (non-hydrogen) atoms. The van der Waals surface area contributed by atoms with Crippen molar-refractivity contribution in [2.24, 2.45) is 0 Å². The number of nitro groups is 1. The van der Waals surface area contributed by atoms with E-state index in [0.717, 1.165) is 0 Å². The summed E-state index contributed by atoms with van der Waals surface area (Å²) in [5, 5.41) is 10.7. The molecule has 1 aliphatic rings. The Morgan fingerprint density at radius 3 is 2.86 bits per heavy atom. The van der Waals surface area contributed by atoms with Crippen LogP contribution in [0.1, 0.15) is 10.4 Å². The van der Waals surface area contributed by atoms with Crippen LogP contribution in [0.15, 0.2) is 12.1 Å². The van der Waals surface area contributed by atoms with Crippen LogP contribution in [-0.2, 0) is 4.74 Å². The molecule has 1 heterocycles. The highest BCUT2D eigenvalue weighted by molar-refractivity contribution is 6.18. The number of morpholine rings is 1. The molecule has 1 aromatic rings. The van der Waals surface area contributed by atoms with Crippen molar-refractivity contribution >= 4 is 23.2 Å². The average Bonchev–Trinajstić information content (AvgIpc) is 2.48. The van der Waals surface area contributed by atoms with E-state index in [1.54, 1.807) is 0 Å². The van der Waals surface area contributed by atoms with Gasteiger partial charge in [-0.3, -0.25) is 14.9 Å². The second-order valence-electron chi connectivity index (χ2n) is 4.43. The first-order chi connectivity index (χ1) is 9.95. The van der Waals surface area contributed by atoms with Crippen molar-refractivity contribution in [3.8, 4) is 0 Å². The fraction of sp³-hybridized carbons (Fsp3) is 0.417. The van der Waals surface area contributed by atoms with E-state index in [4.69, 9.17) is 16.3 Å². The molecule has 2 rings (SSSR count). The maximum atomic E-state index is 14.0. The summed E-state index contributed by atoms with van der Waals surface area (Å²) >= 11 is 5.71. The molecule has 0 bridgehead atoms. The SMILES string of the molecule is O=C(c1cc(F)cc([N+](=O)[O-])c1F)N1CCOCC1CCl. The molecule has 1 aromatic carbocycles. The lowest BCUT2D eigenvalue weighted by Crippen LogP contribution is -2.49. The first-order valence-electron chi connectivity index (χ1n) is 6.03. The van der Waals surface area contributed by atoms with Gasteiger partial charge in [0, 0.05) is 12.4 Å². The Morgan fingerprint density at radius 2 is 2.24 bits per heavy atom. The van der Waals surface area contributed by atoms with Crippen molar-refractivity contribution in [2.45, 2.75) is 6.04 Å². The van der Waals surface area contributed by atoms with Crippen LogP contribution in [0.3, 0.4) is 0 Å². The molecule has 1 saturated heterocycles. The van der Waals surface area contributed by atoms with Crippen LogP contribution >= 0.6 is 11.6 Å². The maximum absolute atomic E-state index is 14.0. The fourth-order valence-corrected chi connectivity index (χ4v) is 2.32. The third-order valence-corrected chi connectivity index (χ3v) is 3.47. The van der Waals surface area contributed by atoms with E-state index in [-0.39, 0.29) is 25.6 Å². The van der Waals surface area contributed by atoms with E-state index < -0.39 is 39.8 Å². The lowest BCUT2D eigenvalue weighted by molar-refractivity contribution is -0.387. The normalized spacial score (nSPS) is 18.6. The summed E-state index contributed by atoms with van der Waals surface area (Å²) in [5.74, 6) is -3.19. The number of carbonyl (C=O) groups is 1. The number of ether oxygens (including phenoxy) is 1. The Morgan fingerprint density at radius 1 is 1.52 bits per heavy atom. The number of amides is 1. The van der Waals surface area contributed by atoms with Crippen LogP contribution in [0.4, 0.5) is 14.5 Å². The topological polar surface area (TPSA) is 72.7 Å². The van der Waals surface area contributed by atoms with Crippen molar-refractivity contribution in [2.75, 3.05) is 25.6 Å². The fourth-order valence-electron chi connectivity index (χ4n) is 2.07. The first kappa shape index (κ1) is 15.6. The smallest absolute Gasteiger partial charge is 0.308 e. The highest BCUT2D eigenvalue weighted by Gasteiger charge is 2.32. The van der Waals surface area contributed by atoms with Gasteiger partial charge in [0.25, 0.3) is 5.91 Å². The molecule has 1 aliphatic heterocycles. The molecule has 0 saturated carbocycles. The zero-order chi connectivity index (χ0) is 15.6. The van der Waals surface area contributed by atoms with Gasteiger partial charge in [0.2, 0.25) is 5.82 Å². The van der Waals surface area contributed by atoms with Crippen molar-refractivity contribution < 1.29 is 23.2 Å². The summed E-state index contributed by atoms with van der Waals surface area (Å²) in [7, 11) is 0. The van der Waals surface area contributed by atoms with E-state index in [1.807, 2.05) is 0 Å². The van der Waals surface area contributed by atoms with E-state index in [0.29, 0.717) is 12.1 Å². The largest absolute Gasteiger partial charge is 0.377 e. The molecule has 1 fully saturated rings. The van der Waals surface area contributed by atoms with E-state index in [1.165, 1.54) is 4.90 Å². The molecule has 114 valence electrons. The number of hydrogen-bond acceptors (Lipinski definition) is 4. The molecule has 9 heteroatoms. The van der Waals surface area contributed by atoms with Gasteiger partial charge in [-0.05, 0) is 6.07 Å². The van der Waals surface area contributed by atoms with E-state index >= 15 is 0 Å². The number of alkyl halides is 1.